The number of halogens is 2. The average Bonchev–Trinajstić information content (AvgIpc) is 2.55. The van der Waals surface area contributed by atoms with Crippen molar-refractivity contribution in [3.8, 4) is 5.75 Å². The number of hydrogen-bond donors (Lipinski definition) is 1. The maximum absolute atomic E-state index is 12.8. The molecule has 1 saturated heterocycles. The van der Waals surface area contributed by atoms with Crippen LogP contribution in [0.3, 0.4) is 0 Å². The molecule has 1 atom stereocenters. The Morgan fingerprint density at radius 2 is 2.04 bits per heavy atom. The summed E-state index contributed by atoms with van der Waals surface area (Å²) in [6.07, 6.45) is 2.54. The molecule has 2 rings (SSSR count). The largest absolute Gasteiger partial charge is 0.480 e. The van der Waals surface area contributed by atoms with E-state index in [1.165, 1.54) is 0 Å². The Labute approximate surface area is 153 Å². The highest BCUT2D eigenvalue weighted by Gasteiger charge is 2.29. The van der Waals surface area contributed by atoms with Gasteiger partial charge in [-0.25, -0.2) is 0 Å². The predicted molar refractivity (Wildman–Crippen MR) is 99.4 cm³/mol. The average molecular weight is 406 g/mol. The Kier molecular flexibility index (Phi) is 8.95. The minimum atomic E-state index is -0.472. The summed E-state index contributed by atoms with van der Waals surface area (Å²) in [6, 6.07) is 7.97. The van der Waals surface area contributed by atoms with Gasteiger partial charge in [0.2, 0.25) is 0 Å². The Hall–Kier alpha value is -0.780. The summed E-state index contributed by atoms with van der Waals surface area (Å²) in [5.74, 6) is 0.801. The SMILES string of the molecule is CCCN(C(=O)C(C)Oc1ccccc1Br)C1CCNCC1.Cl. The predicted octanol–water partition coefficient (Wildman–Crippen LogP) is 3.63. The van der Waals surface area contributed by atoms with Crippen LogP contribution in [0.1, 0.15) is 33.1 Å². The molecular formula is C17H26BrClN2O2. The number of amides is 1. The van der Waals surface area contributed by atoms with Crippen LogP contribution >= 0.6 is 28.3 Å². The van der Waals surface area contributed by atoms with Crippen LogP contribution in [-0.4, -0.2) is 42.6 Å². The van der Waals surface area contributed by atoms with Gasteiger partial charge in [0.25, 0.3) is 5.91 Å². The Morgan fingerprint density at radius 3 is 2.65 bits per heavy atom. The van der Waals surface area contributed by atoms with E-state index >= 15 is 0 Å². The summed E-state index contributed by atoms with van der Waals surface area (Å²) in [5, 5.41) is 3.35. The second-order valence-electron chi connectivity index (χ2n) is 5.70. The van der Waals surface area contributed by atoms with E-state index in [9.17, 15) is 4.79 Å². The van der Waals surface area contributed by atoms with Crippen LogP contribution in [0.15, 0.2) is 28.7 Å². The fourth-order valence-electron chi connectivity index (χ4n) is 2.85. The zero-order valence-electron chi connectivity index (χ0n) is 13.8. The van der Waals surface area contributed by atoms with Crippen LogP contribution in [0.4, 0.5) is 0 Å². The fourth-order valence-corrected chi connectivity index (χ4v) is 3.22. The van der Waals surface area contributed by atoms with Crippen LogP contribution in [-0.2, 0) is 4.79 Å². The van der Waals surface area contributed by atoms with E-state index in [4.69, 9.17) is 4.74 Å². The zero-order valence-corrected chi connectivity index (χ0v) is 16.2. The van der Waals surface area contributed by atoms with Gasteiger partial charge in [-0.3, -0.25) is 4.79 Å². The standard InChI is InChI=1S/C17H25BrN2O2.ClH/c1-3-12-20(14-8-10-19-11-9-14)17(21)13(2)22-16-7-5-4-6-15(16)18;/h4-7,13-14,19H,3,8-12H2,1-2H3;1H. The first-order chi connectivity index (χ1) is 10.6. The molecule has 1 fully saturated rings. The van der Waals surface area contributed by atoms with Gasteiger partial charge in [0.1, 0.15) is 5.75 Å². The molecule has 4 nitrogen and oxygen atoms in total. The van der Waals surface area contributed by atoms with Gasteiger partial charge in [-0.05, 0) is 67.3 Å². The number of piperidine rings is 1. The molecule has 1 heterocycles. The molecule has 0 aliphatic carbocycles. The molecule has 1 aliphatic heterocycles. The van der Waals surface area contributed by atoms with Crippen molar-refractivity contribution in [2.45, 2.75) is 45.3 Å². The number of carbonyl (C=O) groups is 1. The molecule has 1 aromatic carbocycles. The molecule has 0 radical (unpaired) electrons. The Balaban J connectivity index is 0.00000264. The van der Waals surface area contributed by atoms with E-state index in [1.54, 1.807) is 0 Å². The number of benzene rings is 1. The van der Waals surface area contributed by atoms with Crippen molar-refractivity contribution in [3.05, 3.63) is 28.7 Å². The maximum atomic E-state index is 12.8. The minimum absolute atomic E-state index is 0. The van der Waals surface area contributed by atoms with E-state index in [0.717, 1.165) is 43.4 Å². The van der Waals surface area contributed by atoms with Gasteiger partial charge < -0.3 is 15.0 Å². The van der Waals surface area contributed by atoms with E-state index in [1.807, 2.05) is 36.1 Å². The van der Waals surface area contributed by atoms with Crippen molar-refractivity contribution in [3.63, 3.8) is 0 Å². The lowest BCUT2D eigenvalue weighted by molar-refractivity contribution is -0.141. The first kappa shape index (κ1) is 20.3. The van der Waals surface area contributed by atoms with Crippen molar-refractivity contribution in [2.75, 3.05) is 19.6 Å². The summed E-state index contributed by atoms with van der Waals surface area (Å²) >= 11 is 3.46. The van der Waals surface area contributed by atoms with Crippen LogP contribution in [0.5, 0.6) is 5.75 Å². The van der Waals surface area contributed by atoms with Crippen molar-refractivity contribution >= 4 is 34.2 Å². The molecule has 1 aromatic rings. The number of nitrogens with one attached hydrogen (secondary N) is 1. The van der Waals surface area contributed by atoms with E-state index in [0.29, 0.717) is 11.8 Å². The summed E-state index contributed by atoms with van der Waals surface area (Å²) in [6.45, 7) is 6.72. The summed E-state index contributed by atoms with van der Waals surface area (Å²) in [5.41, 5.74) is 0. The lowest BCUT2D eigenvalue weighted by atomic mass is 10.0. The van der Waals surface area contributed by atoms with E-state index < -0.39 is 6.10 Å². The van der Waals surface area contributed by atoms with Gasteiger partial charge in [-0.2, -0.15) is 0 Å². The molecule has 23 heavy (non-hydrogen) atoms. The molecule has 1 unspecified atom stereocenters. The first-order valence-corrected chi connectivity index (χ1v) is 8.85. The highest BCUT2D eigenvalue weighted by molar-refractivity contribution is 9.10. The molecule has 1 amide bonds. The number of nitrogens with zero attached hydrogens (tertiary/aromatic N) is 1. The van der Waals surface area contributed by atoms with Gasteiger partial charge in [0.05, 0.1) is 4.47 Å². The zero-order chi connectivity index (χ0) is 15.9. The van der Waals surface area contributed by atoms with Gasteiger partial charge in [-0.15, -0.1) is 12.4 Å². The second-order valence-corrected chi connectivity index (χ2v) is 6.56. The Morgan fingerprint density at radius 1 is 1.39 bits per heavy atom. The number of rotatable bonds is 6. The quantitative estimate of drug-likeness (QED) is 0.786. The third-order valence-electron chi connectivity index (χ3n) is 3.99. The number of carbonyl (C=O) groups excluding carboxylic acids is 1. The Bertz CT molecular complexity index is 495. The van der Waals surface area contributed by atoms with Gasteiger partial charge in [0, 0.05) is 12.6 Å². The van der Waals surface area contributed by atoms with Crippen LogP contribution in [0.2, 0.25) is 0 Å². The van der Waals surface area contributed by atoms with Gasteiger partial charge >= 0.3 is 0 Å². The molecule has 0 bridgehead atoms. The monoisotopic (exact) mass is 404 g/mol. The third kappa shape index (κ3) is 5.66. The lowest BCUT2D eigenvalue weighted by Crippen LogP contribution is -2.50. The molecule has 1 N–H and O–H groups in total. The molecule has 0 spiro atoms. The molecular weight excluding hydrogens is 380 g/mol. The maximum Gasteiger partial charge on any atom is 0.263 e. The summed E-state index contributed by atoms with van der Waals surface area (Å²) < 4.78 is 6.74. The van der Waals surface area contributed by atoms with Gasteiger partial charge in [0.15, 0.2) is 6.10 Å². The molecule has 1 aliphatic rings. The van der Waals surface area contributed by atoms with Gasteiger partial charge in [-0.1, -0.05) is 19.1 Å². The molecule has 130 valence electrons. The molecule has 0 aromatic heterocycles. The third-order valence-corrected chi connectivity index (χ3v) is 4.64. The highest BCUT2D eigenvalue weighted by atomic mass is 79.9. The fraction of sp³-hybridized carbons (Fsp3) is 0.588. The van der Waals surface area contributed by atoms with Crippen LogP contribution < -0.4 is 10.1 Å². The minimum Gasteiger partial charge on any atom is -0.480 e. The van der Waals surface area contributed by atoms with Crippen molar-refractivity contribution < 1.29 is 9.53 Å². The first-order valence-electron chi connectivity index (χ1n) is 8.06. The van der Waals surface area contributed by atoms with Crippen molar-refractivity contribution in [2.24, 2.45) is 0 Å². The normalized spacial score (nSPS) is 16.3. The number of para-hydroxylation sites is 1. The second kappa shape index (κ2) is 10.2. The smallest absolute Gasteiger partial charge is 0.263 e. The van der Waals surface area contributed by atoms with E-state index in [-0.39, 0.29) is 18.3 Å². The summed E-state index contributed by atoms with van der Waals surface area (Å²) in [4.78, 5) is 14.8. The van der Waals surface area contributed by atoms with E-state index in [2.05, 4.69) is 28.2 Å². The van der Waals surface area contributed by atoms with Crippen molar-refractivity contribution in [1.29, 1.82) is 0 Å². The lowest BCUT2D eigenvalue weighted by Gasteiger charge is -2.36. The topological polar surface area (TPSA) is 41.6 Å². The molecule has 6 heteroatoms. The van der Waals surface area contributed by atoms with Crippen LogP contribution in [0.25, 0.3) is 0 Å². The molecule has 0 saturated carbocycles. The van der Waals surface area contributed by atoms with Crippen LogP contribution in [0, 0.1) is 0 Å². The number of hydrogen-bond acceptors (Lipinski definition) is 3. The number of ether oxygens (including phenoxy) is 1. The highest BCUT2D eigenvalue weighted by Crippen LogP contribution is 2.25. The summed E-state index contributed by atoms with van der Waals surface area (Å²) in [7, 11) is 0. The van der Waals surface area contributed by atoms with Crippen molar-refractivity contribution in [1.82, 2.24) is 10.2 Å².